The van der Waals surface area contributed by atoms with Crippen molar-refractivity contribution in [1.82, 2.24) is 14.8 Å². The molecule has 0 saturated carbocycles. The number of ether oxygens (including phenoxy) is 1. The Morgan fingerprint density at radius 2 is 2.23 bits per heavy atom. The quantitative estimate of drug-likeness (QED) is 0.733. The van der Waals surface area contributed by atoms with E-state index in [1.165, 1.54) is 0 Å². The van der Waals surface area contributed by atoms with Gasteiger partial charge in [-0.3, -0.25) is 9.48 Å². The second kappa shape index (κ2) is 5.67. The third-order valence-electron chi connectivity index (χ3n) is 3.64. The fourth-order valence-electron chi connectivity index (χ4n) is 2.64. The van der Waals surface area contributed by atoms with Gasteiger partial charge in [0.05, 0.1) is 19.0 Å². The summed E-state index contributed by atoms with van der Waals surface area (Å²) in [6.45, 7) is 5.14. The fourth-order valence-corrected chi connectivity index (χ4v) is 2.64. The number of nitrogens with zero attached hydrogens (tertiary/aromatic N) is 2. The first-order valence-corrected chi connectivity index (χ1v) is 7.30. The largest absolute Gasteiger partial charge is 0.497 e. The van der Waals surface area contributed by atoms with Crippen molar-refractivity contribution in [3.05, 3.63) is 36.2 Å². The first-order valence-electron chi connectivity index (χ1n) is 7.30. The molecule has 1 aromatic carbocycles. The van der Waals surface area contributed by atoms with Gasteiger partial charge in [0, 0.05) is 34.8 Å². The number of hydrogen-bond acceptors (Lipinski definition) is 3. The molecule has 2 heterocycles. The standard InChI is InChI=1S/C17H19N3O2/c1-11(2)8-20-9-12(7-18-20)17-15(10-21)14-6-13(22-3)4-5-16(14)19-17/h4-7,9-11,19H,8H2,1-3H3. The molecule has 0 aliphatic carbocycles. The van der Waals surface area contributed by atoms with E-state index in [1.54, 1.807) is 13.3 Å². The Morgan fingerprint density at radius 3 is 2.91 bits per heavy atom. The van der Waals surface area contributed by atoms with Crippen LogP contribution in [0.3, 0.4) is 0 Å². The molecule has 0 atom stereocenters. The summed E-state index contributed by atoms with van der Waals surface area (Å²) >= 11 is 0. The van der Waals surface area contributed by atoms with Gasteiger partial charge in [-0.15, -0.1) is 0 Å². The topological polar surface area (TPSA) is 59.9 Å². The van der Waals surface area contributed by atoms with Crippen molar-refractivity contribution in [1.29, 1.82) is 0 Å². The Labute approximate surface area is 128 Å². The number of aldehydes is 1. The lowest BCUT2D eigenvalue weighted by atomic mass is 10.1. The van der Waals surface area contributed by atoms with Crippen LogP contribution in [0.15, 0.2) is 30.6 Å². The maximum Gasteiger partial charge on any atom is 0.152 e. The van der Waals surface area contributed by atoms with Crippen LogP contribution in [0.1, 0.15) is 24.2 Å². The van der Waals surface area contributed by atoms with E-state index >= 15 is 0 Å². The minimum Gasteiger partial charge on any atom is -0.497 e. The van der Waals surface area contributed by atoms with Crippen LogP contribution in [0.4, 0.5) is 0 Å². The van der Waals surface area contributed by atoms with Gasteiger partial charge in [-0.2, -0.15) is 5.10 Å². The van der Waals surface area contributed by atoms with Gasteiger partial charge in [0.15, 0.2) is 6.29 Å². The van der Waals surface area contributed by atoms with Crippen LogP contribution < -0.4 is 4.74 Å². The van der Waals surface area contributed by atoms with Crippen molar-refractivity contribution in [3.8, 4) is 17.0 Å². The average Bonchev–Trinajstić information content (AvgIpc) is 3.09. The molecule has 0 radical (unpaired) electrons. The van der Waals surface area contributed by atoms with Gasteiger partial charge >= 0.3 is 0 Å². The summed E-state index contributed by atoms with van der Waals surface area (Å²) < 4.78 is 7.14. The molecule has 0 unspecified atom stereocenters. The summed E-state index contributed by atoms with van der Waals surface area (Å²) in [5.41, 5.74) is 3.26. The maximum absolute atomic E-state index is 11.6. The molecule has 0 amide bonds. The first kappa shape index (κ1) is 14.4. The zero-order valence-corrected chi connectivity index (χ0v) is 13.0. The van der Waals surface area contributed by atoms with Gasteiger partial charge in [0.2, 0.25) is 0 Å². The molecule has 5 nitrogen and oxygen atoms in total. The number of nitrogens with one attached hydrogen (secondary N) is 1. The number of carbonyl (C=O) groups is 1. The van der Waals surface area contributed by atoms with Gasteiger partial charge in [-0.05, 0) is 24.1 Å². The zero-order valence-electron chi connectivity index (χ0n) is 13.0. The zero-order chi connectivity index (χ0) is 15.7. The Kier molecular flexibility index (Phi) is 3.71. The number of carbonyl (C=O) groups excluding carboxylic acids is 1. The first-order chi connectivity index (χ1) is 10.6. The average molecular weight is 297 g/mol. The molecule has 5 heteroatoms. The van der Waals surface area contributed by atoms with Gasteiger partial charge in [0.25, 0.3) is 0 Å². The number of aromatic nitrogens is 3. The number of H-pyrrole nitrogens is 1. The molecule has 0 bridgehead atoms. The minimum absolute atomic E-state index is 0.519. The van der Waals surface area contributed by atoms with Gasteiger partial charge in [-0.25, -0.2) is 0 Å². The van der Waals surface area contributed by atoms with Crippen molar-refractivity contribution in [2.24, 2.45) is 5.92 Å². The summed E-state index contributed by atoms with van der Waals surface area (Å²) in [6.07, 6.45) is 4.64. The number of benzene rings is 1. The van der Waals surface area contributed by atoms with Crippen LogP contribution >= 0.6 is 0 Å². The lowest BCUT2D eigenvalue weighted by Gasteiger charge is -2.03. The highest BCUT2D eigenvalue weighted by Crippen LogP contribution is 2.31. The molecule has 3 rings (SSSR count). The normalized spacial score (nSPS) is 11.3. The Morgan fingerprint density at radius 1 is 1.41 bits per heavy atom. The van der Waals surface area contributed by atoms with Crippen molar-refractivity contribution in [2.75, 3.05) is 7.11 Å². The third-order valence-corrected chi connectivity index (χ3v) is 3.64. The highest BCUT2D eigenvalue weighted by atomic mass is 16.5. The van der Waals surface area contributed by atoms with Gasteiger partial charge in [0.1, 0.15) is 5.75 Å². The number of rotatable bonds is 5. The highest BCUT2D eigenvalue weighted by Gasteiger charge is 2.15. The number of methoxy groups -OCH3 is 1. The second-order valence-electron chi connectivity index (χ2n) is 5.79. The molecule has 0 fully saturated rings. The molecule has 3 aromatic rings. The SMILES string of the molecule is COc1ccc2[nH]c(-c3cnn(CC(C)C)c3)c(C=O)c2c1. The van der Waals surface area contributed by atoms with Crippen LogP contribution in [0, 0.1) is 5.92 Å². The Bertz CT molecular complexity index is 815. The smallest absolute Gasteiger partial charge is 0.152 e. The molecule has 114 valence electrons. The minimum atomic E-state index is 0.519. The van der Waals surface area contributed by atoms with Crippen molar-refractivity contribution < 1.29 is 9.53 Å². The maximum atomic E-state index is 11.6. The van der Waals surface area contributed by atoms with Gasteiger partial charge < -0.3 is 9.72 Å². The number of fused-ring (bicyclic) bond motifs is 1. The molecular weight excluding hydrogens is 278 g/mol. The molecule has 0 aliphatic heterocycles. The van der Waals surface area contributed by atoms with E-state index in [0.29, 0.717) is 11.5 Å². The fraction of sp³-hybridized carbons (Fsp3) is 0.294. The summed E-state index contributed by atoms with van der Waals surface area (Å²) in [5, 5.41) is 5.23. The van der Waals surface area contributed by atoms with Crippen LogP contribution in [0.25, 0.3) is 22.2 Å². The van der Waals surface area contributed by atoms with Crippen LogP contribution in [0.5, 0.6) is 5.75 Å². The third kappa shape index (κ3) is 2.50. The van der Waals surface area contributed by atoms with Crippen LogP contribution in [-0.4, -0.2) is 28.2 Å². The van der Waals surface area contributed by atoms with Gasteiger partial charge in [-0.1, -0.05) is 13.8 Å². The van der Waals surface area contributed by atoms with E-state index in [9.17, 15) is 4.79 Å². The number of hydrogen-bond donors (Lipinski definition) is 1. The summed E-state index contributed by atoms with van der Waals surface area (Å²) in [5.74, 6) is 1.25. The molecule has 0 spiro atoms. The van der Waals surface area contributed by atoms with Crippen molar-refractivity contribution >= 4 is 17.2 Å². The molecule has 1 N–H and O–H groups in total. The van der Waals surface area contributed by atoms with Crippen molar-refractivity contribution in [2.45, 2.75) is 20.4 Å². The van der Waals surface area contributed by atoms with E-state index in [0.717, 1.165) is 40.7 Å². The van der Waals surface area contributed by atoms with E-state index in [1.807, 2.05) is 29.1 Å². The molecule has 2 aromatic heterocycles. The molecule has 0 aliphatic rings. The number of aromatic amines is 1. The second-order valence-corrected chi connectivity index (χ2v) is 5.79. The van der Waals surface area contributed by atoms with Crippen LogP contribution in [0.2, 0.25) is 0 Å². The molecular formula is C17H19N3O2. The van der Waals surface area contributed by atoms with Crippen molar-refractivity contribution in [3.63, 3.8) is 0 Å². The summed E-state index contributed by atoms with van der Waals surface area (Å²) in [6, 6.07) is 5.67. The summed E-state index contributed by atoms with van der Waals surface area (Å²) in [4.78, 5) is 14.9. The van der Waals surface area contributed by atoms with E-state index in [4.69, 9.17) is 4.74 Å². The monoisotopic (exact) mass is 297 g/mol. The predicted molar refractivity (Wildman–Crippen MR) is 86.3 cm³/mol. The predicted octanol–water partition coefficient (Wildman–Crippen LogP) is 3.51. The summed E-state index contributed by atoms with van der Waals surface area (Å²) in [7, 11) is 1.62. The van der Waals surface area contributed by atoms with E-state index < -0.39 is 0 Å². The lowest BCUT2D eigenvalue weighted by Crippen LogP contribution is -2.04. The van der Waals surface area contributed by atoms with E-state index in [-0.39, 0.29) is 0 Å². The van der Waals surface area contributed by atoms with Crippen LogP contribution in [-0.2, 0) is 6.54 Å². The molecule has 0 saturated heterocycles. The van der Waals surface area contributed by atoms with E-state index in [2.05, 4.69) is 23.9 Å². The Hall–Kier alpha value is -2.56. The lowest BCUT2D eigenvalue weighted by molar-refractivity contribution is 0.112. The molecule has 22 heavy (non-hydrogen) atoms. The highest BCUT2D eigenvalue weighted by molar-refractivity contribution is 6.04. The Balaban J connectivity index is 2.10.